The third-order valence-electron chi connectivity index (χ3n) is 2.31. The van der Waals surface area contributed by atoms with Crippen LogP contribution in [0.1, 0.15) is 37.0 Å². The van der Waals surface area contributed by atoms with Crippen molar-refractivity contribution in [1.29, 1.82) is 0 Å². The van der Waals surface area contributed by atoms with Gasteiger partial charge in [-0.2, -0.15) is 0 Å². The van der Waals surface area contributed by atoms with Crippen LogP contribution in [0.4, 0.5) is 0 Å². The summed E-state index contributed by atoms with van der Waals surface area (Å²) in [5.41, 5.74) is 0.682. The zero-order chi connectivity index (χ0) is 12.5. The summed E-state index contributed by atoms with van der Waals surface area (Å²) in [6, 6.07) is 3.00. The Kier molecular flexibility index (Phi) is 3.78. The molecule has 4 nitrogen and oxygen atoms in total. The van der Waals surface area contributed by atoms with Crippen LogP contribution in [0.2, 0.25) is 5.02 Å². The average molecular weight is 245 g/mol. The third kappa shape index (κ3) is 2.46. The number of hydrogen-bond donors (Lipinski definition) is 3. The number of phenolic OH excluding ortho intramolecular Hbond substituents is 1. The van der Waals surface area contributed by atoms with Gasteiger partial charge in [0, 0.05) is 5.56 Å². The van der Waals surface area contributed by atoms with E-state index in [1.165, 1.54) is 6.07 Å². The smallest absolute Gasteiger partial charge is 0.337 e. The third-order valence-corrected chi connectivity index (χ3v) is 2.60. The molecule has 0 aliphatic rings. The van der Waals surface area contributed by atoms with E-state index in [9.17, 15) is 15.0 Å². The monoisotopic (exact) mass is 244 g/mol. The van der Waals surface area contributed by atoms with Crippen molar-refractivity contribution < 1.29 is 20.1 Å². The molecule has 0 heterocycles. The van der Waals surface area contributed by atoms with Crippen molar-refractivity contribution in [2.24, 2.45) is 0 Å². The lowest BCUT2D eigenvalue weighted by atomic mass is 9.98. The molecule has 0 aliphatic heterocycles. The first-order valence-electron chi connectivity index (χ1n) is 4.77. The first-order chi connectivity index (χ1) is 7.34. The summed E-state index contributed by atoms with van der Waals surface area (Å²) in [6.45, 7) is 3.80. The predicted octanol–water partition coefficient (Wildman–Crippen LogP) is 2.29. The Labute approximate surface area is 98.1 Å². The van der Waals surface area contributed by atoms with Crippen LogP contribution in [0.25, 0.3) is 0 Å². The van der Waals surface area contributed by atoms with Gasteiger partial charge in [-0.15, -0.1) is 0 Å². The van der Waals surface area contributed by atoms with Crippen LogP contribution < -0.4 is 0 Å². The van der Waals surface area contributed by atoms with Crippen molar-refractivity contribution in [2.45, 2.75) is 25.9 Å². The van der Waals surface area contributed by atoms with Gasteiger partial charge >= 0.3 is 5.97 Å². The fourth-order valence-corrected chi connectivity index (χ4v) is 1.55. The minimum Gasteiger partial charge on any atom is -0.506 e. The molecule has 0 saturated heterocycles. The van der Waals surface area contributed by atoms with Crippen molar-refractivity contribution in [3.05, 3.63) is 28.3 Å². The Morgan fingerprint density at radius 1 is 1.38 bits per heavy atom. The number of halogens is 1. The maximum absolute atomic E-state index is 10.6. The first kappa shape index (κ1) is 12.8. The summed E-state index contributed by atoms with van der Waals surface area (Å²) in [7, 11) is 0. The lowest BCUT2D eigenvalue weighted by Gasteiger charge is -2.14. The Hall–Kier alpha value is -1.26. The van der Waals surface area contributed by atoms with E-state index in [-0.39, 0.29) is 22.3 Å². The number of aromatic hydroxyl groups is 1. The predicted molar refractivity (Wildman–Crippen MR) is 59.8 cm³/mol. The zero-order valence-corrected chi connectivity index (χ0v) is 9.69. The highest BCUT2D eigenvalue weighted by molar-refractivity contribution is 6.32. The van der Waals surface area contributed by atoms with E-state index in [1.54, 1.807) is 6.07 Å². The van der Waals surface area contributed by atoms with E-state index in [0.29, 0.717) is 0 Å². The summed E-state index contributed by atoms with van der Waals surface area (Å²) in [4.78, 5) is 10.6. The van der Waals surface area contributed by atoms with Crippen LogP contribution in [0, 0.1) is 0 Å². The number of aliphatic carboxylic acids is 1. The van der Waals surface area contributed by atoms with Crippen molar-refractivity contribution in [3.63, 3.8) is 0 Å². The Balaban J connectivity index is 3.32. The molecule has 1 atom stereocenters. The van der Waals surface area contributed by atoms with Gasteiger partial charge in [-0.25, -0.2) is 4.79 Å². The molecule has 1 unspecified atom stereocenters. The Bertz CT molecular complexity index is 415. The van der Waals surface area contributed by atoms with Gasteiger partial charge in [-0.3, -0.25) is 0 Å². The summed E-state index contributed by atoms with van der Waals surface area (Å²) in [5, 5.41) is 27.7. The molecular weight excluding hydrogens is 232 g/mol. The van der Waals surface area contributed by atoms with E-state index < -0.39 is 12.1 Å². The second-order valence-corrected chi connectivity index (χ2v) is 4.24. The quantitative estimate of drug-likeness (QED) is 0.762. The first-order valence-corrected chi connectivity index (χ1v) is 5.15. The molecule has 0 bridgehead atoms. The van der Waals surface area contributed by atoms with Crippen LogP contribution in [-0.2, 0) is 4.79 Å². The Morgan fingerprint density at radius 3 is 2.38 bits per heavy atom. The Morgan fingerprint density at radius 2 is 1.94 bits per heavy atom. The van der Waals surface area contributed by atoms with Crippen LogP contribution in [0.15, 0.2) is 12.1 Å². The summed E-state index contributed by atoms with van der Waals surface area (Å²) in [5.74, 6) is -1.69. The van der Waals surface area contributed by atoms with Crippen LogP contribution >= 0.6 is 11.6 Å². The molecule has 88 valence electrons. The number of carboxylic acids is 1. The van der Waals surface area contributed by atoms with Gasteiger partial charge in [-0.05, 0) is 23.6 Å². The van der Waals surface area contributed by atoms with Crippen molar-refractivity contribution in [2.75, 3.05) is 0 Å². The topological polar surface area (TPSA) is 77.8 Å². The van der Waals surface area contributed by atoms with Crippen molar-refractivity contribution >= 4 is 17.6 Å². The zero-order valence-electron chi connectivity index (χ0n) is 8.94. The number of hydrogen-bond acceptors (Lipinski definition) is 3. The van der Waals surface area contributed by atoms with Crippen molar-refractivity contribution in [1.82, 2.24) is 0 Å². The van der Waals surface area contributed by atoms with Gasteiger partial charge in [0.1, 0.15) is 5.75 Å². The van der Waals surface area contributed by atoms with Gasteiger partial charge in [0.2, 0.25) is 0 Å². The highest BCUT2D eigenvalue weighted by Crippen LogP contribution is 2.35. The van der Waals surface area contributed by atoms with Gasteiger partial charge in [0.05, 0.1) is 5.02 Å². The minimum absolute atomic E-state index is 0.0431. The molecule has 1 aromatic rings. The molecule has 5 heteroatoms. The summed E-state index contributed by atoms with van der Waals surface area (Å²) < 4.78 is 0. The van der Waals surface area contributed by atoms with Gasteiger partial charge in [-0.1, -0.05) is 25.4 Å². The van der Waals surface area contributed by atoms with E-state index in [4.69, 9.17) is 16.7 Å². The van der Waals surface area contributed by atoms with E-state index in [2.05, 4.69) is 0 Å². The molecule has 1 aromatic carbocycles. The molecule has 0 spiro atoms. The molecule has 1 rings (SSSR count). The molecule has 0 amide bonds. The van der Waals surface area contributed by atoms with Gasteiger partial charge < -0.3 is 15.3 Å². The SMILES string of the molecule is CC(C)c1cc(Cl)c(O)c(C(O)C(=O)O)c1. The lowest BCUT2D eigenvalue weighted by Crippen LogP contribution is -2.11. The van der Waals surface area contributed by atoms with Crippen LogP contribution in [0.5, 0.6) is 5.75 Å². The van der Waals surface area contributed by atoms with E-state index >= 15 is 0 Å². The van der Waals surface area contributed by atoms with Crippen LogP contribution in [-0.4, -0.2) is 21.3 Å². The normalized spacial score (nSPS) is 12.8. The fourth-order valence-electron chi connectivity index (χ4n) is 1.32. The maximum Gasteiger partial charge on any atom is 0.337 e. The number of aliphatic hydroxyl groups excluding tert-OH is 1. The molecule has 16 heavy (non-hydrogen) atoms. The number of carbonyl (C=O) groups is 1. The average Bonchev–Trinajstić information content (AvgIpc) is 2.20. The highest BCUT2D eigenvalue weighted by atomic mass is 35.5. The van der Waals surface area contributed by atoms with Gasteiger partial charge in [0.15, 0.2) is 6.10 Å². The summed E-state index contributed by atoms with van der Waals surface area (Å²) >= 11 is 5.76. The molecule has 0 aliphatic carbocycles. The molecule has 0 aromatic heterocycles. The maximum atomic E-state index is 10.6. The molecule has 0 radical (unpaired) electrons. The van der Waals surface area contributed by atoms with Gasteiger partial charge in [0.25, 0.3) is 0 Å². The number of carboxylic acid groups (broad SMARTS) is 1. The molecular formula is C11H13ClO4. The minimum atomic E-state index is -1.77. The molecule has 0 saturated carbocycles. The second-order valence-electron chi connectivity index (χ2n) is 3.84. The molecule has 3 N–H and O–H groups in total. The number of rotatable bonds is 3. The fraction of sp³-hybridized carbons (Fsp3) is 0.364. The standard InChI is InChI=1S/C11H13ClO4/c1-5(2)6-3-7(10(14)11(15)16)9(13)8(12)4-6/h3-5,10,13-14H,1-2H3,(H,15,16). The summed E-state index contributed by atoms with van der Waals surface area (Å²) in [6.07, 6.45) is -1.77. The molecule has 0 fully saturated rings. The highest BCUT2D eigenvalue weighted by Gasteiger charge is 2.22. The van der Waals surface area contributed by atoms with Crippen molar-refractivity contribution in [3.8, 4) is 5.75 Å². The second kappa shape index (κ2) is 4.72. The van der Waals surface area contributed by atoms with E-state index in [0.717, 1.165) is 5.56 Å². The van der Waals surface area contributed by atoms with Crippen LogP contribution in [0.3, 0.4) is 0 Å². The lowest BCUT2D eigenvalue weighted by molar-refractivity contribution is -0.147. The number of benzene rings is 1. The number of phenols is 1. The largest absolute Gasteiger partial charge is 0.506 e. The van der Waals surface area contributed by atoms with E-state index in [1.807, 2.05) is 13.8 Å². The number of aliphatic hydroxyl groups is 1.